The molecule has 0 aromatic carbocycles. The van der Waals surface area contributed by atoms with Crippen molar-refractivity contribution in [2.24, 2.45) is 0 Å². The largest absolute Gasteiger partial charge is 0.308 e. The second-order valence-corrected chi connectivity index (χ2v) is 4.24. The number of nitrogens with zero attached hydrogens (tertiary/aromatic N) is 2. The van der Waals surface area contributed by atoms with Crippen molar-refractivity contribution < 1.29 is 8.42 Å². The smallest absolute Gasteiger partial charge is 0.179 e. The van der Waals surface area contributed by atoms with Crippen LogP contribution in [-0.4, -0.2) is 23.7 Å². The van der Waals surface area contributed by atoms with E-state index in [-0.39, 0.29) is 5.75 Å². The summed E-state index contributed by atoms with van der Waals surface area (Å²) < 4.78 is 23.1. The summed E-state index contributed by atoms with van der Waals surface area (Å²) >= 11 is 0. The third kappa shape index (κ3) is 1.07. The van der Waals surface area contributed by atoms with Gasteiger partial charge in [0.05, 0.1) is 23.2 Å². The fourth-order valence-corrected chi connectivity index (χ4v) is 2.00. The lowest BCUT2D eigenvalue weighted by atomic mass is 10.5. The minimum atomic E-state index is -2.87. The normalized spacial score (nSPS) is 20.5. The summed E-state index contributed by atoms with van der Waals surface area (Å²) in [7, 11) is -2.87. The summed E-state index contributed by atoms with van der Waals surface area (Å²) in [5.74, 6) is 0.128. The lowest BCUT2D eigenvalue weighted by Gasteiger charge is -2.14. The topological polar surface area (TPSA) is 52.0 Å². The van der Waals surface area contributed by atoms with Crippen LogP contribution in [0.15, 0.2) is 24.1 Å². The standard InChI is InChI=1S/C6H6N2O2S/c9-11(10)3-6(4-11)8-2-1-7-5-8/h1-3,5H,4H2. The van der Waals surface area contributed by atoms with Crippen LogP contribution in [-0.2, 0) is 9.84 Å². The molecule has 0 N–H and O–H groups in total. The highest BCUT2D eigenvalue weighted by molar-refractivity contribution is 7.96. The number of rotatable bonds is 1. The number of hydrogen-bond acceptors (Lipinski definition) is 3. The third-order valence-electron chi connectivity index (χ3n) is 1.50. The van der Waals surface area contributed by atoms with Gasteiger partial charge in [-0.1, -0.05) is 0 Å². The van der Waals surface area contributed by atoms with Crippen molar-refractivity contribution in [2.45, 2.75) is 0 Å². The van der Waals surface area contributed by atoms with E-state index < -0.39 is 9.84 Å². The van der Waals surface area contributed by atoms with Crippen LogP contribution in [0, 0.1) is 0 Å². The average Bonchev–Trinajstić information content (AvgIpc) is 2.32. The molecule has 0 amide bonds. The first-order valence-electron chi connectivity index (χ1n) is 3.09. The van der Waals surface area contributed by atoms with Crippen molar-refractivity contribution in [2.75, 3.05) is 5.75 Å². The molecule has 4 nitrogen and oxygen atoms in total. The Morgan fingerprint density at radius 2 is 2.27 bits per heavy atom. The summed E-state index contributed by atoms with van der Waals surface area (Å²) in [6, 6.07) is 0. The minimum Gasteiger partial charge on any atom is -0.308 e. The second-order valence-electron chi connectivity index (χ2n) is 2.39. The summed E-state index contributed by atoms with van der Waals surface area (Å²) in [6.07, 6.45) is 4.92. The third-order valence-corrected chi connectivity index (χ3v) is 2.83. The van der Waals surface area contributed by atoms with E-state index in [0.29, 0.717) is 0 Å². The first kappa shape index (κ1) is 6.60. The van der Waals surface area contributed by atoms with Crippen molar-refractivity contribution in [1.29, 1.82) is 0 Å². The van der Waals surface area contributed by atoms with Crippen molar-refractivity contribution in [3.63, 3.8) is 0 Å². The van der Waals surface area contributed by atoms with Crippen LogP contribution in [0.3, 0.4) is 0 Å². The molecule has 0 radical (unpaired) electrons. The van der Waals surface area contributed by atoms with E-state index in [4.69, 9.17) is 0 Å². The van der Waals surface area contributed by atoms with Gasteiger partial charge in [0.1, 0.15) is 0 Å². The SMILES string of the molecule is O=S1(=O)C=C(n2ccnc2)C1. The van der Waals surface area contributed by atoms with Crippen LogP contribution in [0.4, 0.5) is 0 Å². The molecule has 0 unspecified atom stereocenters. The summed E-state index contributed by atoms with van der Waals surface area (Å²) in [5, 5.41) is 1.26. The highest BCUT2D eigenvalue weighted by atomic mass is 32.2. The summed E-state index contributed by atoms with van der Waals surface area (Å²) in [4.78, 5) is 3.80. The Morgan fingerprint density at radius 3 is 2.73 bits per heavy atom. The maximum atomic E-state index is 10.7. The van der Waals surface area contributed by atoms with Crippen LogP contribution >= 0.6 is 0 Å². The van der Waals surface area contributed by atoms with Gasteiger partial charge in [-0.15, -0.1) is 0 Å². The molecule has 5 heteroatoms. The van der Waals surface area contributed by atoms with Gasteiger partial charge in [0.25, 0.3) is 0 Å². The van der Waals surface area contributed by atoms with E-state index in [1.807, 2.05) is 0 Å². The van der Waals surface area contributed by atoms with Crippen LogP contribution in [0.1, 0.15) is 0 Å². The molecule has 1 aliphatic heterocycles. The Kier molecular flexibility index (Phi) is 1.17. The van der Waals surface area contributed by atoms with Gasteiger partial charge in [-0.25, -0.2) is 13.4 Å². The van der Waals surface area contributed by atoms with Crippen LogP contribution in [0.5, 0.6) is 0 Å². The first-order chi connectivity index (χ1) is 5.17. The fourth-order valence-electron chi connectivity index (χ4n) is 0.954. The lowest BCUT2D eigenvalue weighted by Crippen LogP contribution is -2.18. The molecular weight excluding hydrogens is 164 g/mol. The molecule has 2 rings (SSSR count). The van der Waals surface area contributed by atoms with Gasteiger partial charge >= 0.3 is 0 Å². The van der Waals surface area contributed by atoms with Crippen LogP contribution < -0.4 is 0 Å². The quantitative estimate of drug-likeness (QED) is 0.601. The summed E-state index contributed by atoms with van der Waals surface area (Å²) in [5.41, 5.74) is 0.780. The second kappa shape index (κ2) is 1.94. The molecular formula is C6H6N2O2S. The Bertz CT molecular complexity index is 388. The van der Waals surface area contributed by atoms with Gasteiger partial charge < -0.3 is 4.57 Å². The Morgan fingerprint density at radius 1 is 1.55 bits per heavy atom. The molecule has 11 heavy (non-hydrogen) atoms. The molecule has 1 aromatic rings. The fraction of sp³-hybridized carbons (Fsp3) is 0.167. The van der Waals surface area contributed by atoms with Gasteiger partial charge in [-0.05, 0) is 0 Å². The molecule has 1 aromatic heterocycles. The van der Waals surface area contributed by atoms with Crippen molar-refractivity contribution in [3.05, 3.63) is 24.1 Å². The highest BCUT2D eigenvalue weighted by Crippen LogP contribution is 2.19. The number of hydrogen-bond donors (Lipinski definition) is 0. The number of imidazole rings is 1. The monoisotopic (exact) mass is 170 g/mol. The Labute approximate surface area is 64.1 Å². The highest BCUT2D eigenvalue weighted by Gasteiger charge is 2.23. The summed E-state index contributed by atoms with van der Waals surface area (Å²) in [6.45, 7) is 0. The molecule has 1 aliphatic rings. The zero-order valence-corrected chi connectivity index (χ0v) is 6.45. The molecule has 0 aliphatic carbocycles. The maximum absolute atomic E-state index is 10.7. The van der Waals surface area contributed by atoms with E-state index in [1.165, 1.54) is 5.41 Å². The lowest BCUT2D eigenvalue weighted by molar-refractivity contribution is 0.604. The van der Waals surface area contributed by atoms with Crippen molar-refractivity contribution >= 4 is 15.5 Å². The number of sulfone groups is 1. The van der Waals surface area contributed by atoms with Gasteiger partial charge in [0.2, 0.25) is 0 Å². The molecule has 2 heterocycles. The molecule has 0 spiro atoms. The predicted molar refractivity (Wildman–Crippen MR) is 40.3 cm³/mol. The van der Waals surface area contributed by atoms with Gasteiger partial charge in [-0.3, -0.25) is 0 Å². The van der Waals surface area contributed by atoms with E-state index in [1.54, 1.807) is 23.3 Å². The molecule has 0 saturated carbocycles. The van der Waals surface area contributed by atoms with E-state index in [0.717, 1.165) is 5.70 Å². The maximum Gasteiger partial charge on any atom is 0.179 e. The average molecular weight is 170 g/mol. The Hall–Kier alpha value is -1.10. The van der Waals surface area contributed by atoms with Gasteiger partial charge in [-0.2, -0.15) is 0 Å². The Balaban J connectivity index is 2.38. The van der Waals surface area contributed by atoms with Crippen molar-refractivity contribution in [3.8, 4) is 0 Å². The molecule has 0 saturated heterocycles. The molecule has 0 fully saturated rings. The van der Waals surface area contributed by atoms with E-state index >= 15 is 0 Å². The van der Waals surface area contributed by atoms with Gasteiger partial charge in [0.15, 0.2) is 9.84 Å². The van der Waals surface area contributed by atoms with E-state index in [9.17, 15) is 8.42 Å². The van der Waals surface area contributed by atoms with Crippen LogP contribution in [0.2, 0.25) is 0 Å². The zero-order valence-electron chi connectivity index (χ0n) is 5.64. The first-order valence-corrected chi connectivity index (χ1v) is 4.81. The number of aromatic nitrogens is 2. The molecule has 0 atom stereocenters. The van der Waals surface area contributed by atoms with Gasteiger partial charge in [0, 0.05) is 12.4 Å². The van der Waals surface area contributed by atoms with Crippen molar-refractivity contribution in [1.82, 2.24) is 9.55 Å². The minimum absolute atomic E-state index is 0.128. The zero-order chi connectivity index (χ0) is 7.90. The molecule has 58 valence electrons. The van der Waals surface area contributed by atoms with E-state index in [2.05, 4.69) is 4.98 Å². The van der Waals surface area contributed by atoms with Crippen LogP contribution in [0.25, 0.3) is 5.70 Å². The predicted octanol–water partition coefficient (Wildman–Crippen LogP) is 0.110. The molecule has 0 bridgehead atoms.